The van der Waals surface area contributed by atoms with E-state index in [0.29, 0.717) is 19.3 Å². The lowest BCUT2D eigenvalue weighted by molar-refractivity contribution is -0.109. The first-order valence-corrected chi connectivity index (χ1v) is 10.5. The van der Waals surface area contributed by atoms with Crippen LogP contribution in [0.25, 0.3) is 0 Å². The van der Waals surface area contributed by atoms with Crippen molar-refractivity contribution in [3.63, 3.8) is 0 Å². The van der Waals surface area contributed by atoms with Crippen molar-refractivity contribution in [3.8, 4) is 0 Å². The number of carbonyl (C=O) groups is 1. The van der Waals surface area contributed by atoms with E-state index in [2.05, 4.69) is 0 Å². The van der Waals surface area contributed by atoms with Crippen molar-refractivity contribution in [3.05, 3.63) is 0 Å². The van der Waals surface area contributed by atoms with E-state index in [1.807, 2.05) is 0 Å². The molecule has 0 bridgehead atoms. The minimum atomic E-state index is -5.40. The molecule has 0 aromatic rings. The zero-order chi connectivity index (χ0) is 16.5. The van der Waals surface area contributed by atoms with E-state index in [9.17, 15) is 19.0 Å². The first kappa shape index (κ1) is 19.3. The quantitative estimate of drug-likeness (QED) is 0.454. The molecular formula is C10H20O8P2S. The zero-order valence-electron chi connectivity index (χ0n) is 11.5. The highest BCUT2D eigenvalue weighted by atomic mass is 32.2. The van der Waals surface area contributed by atoms with E-state index in [0.717, 1.165) is 18.2 Å². The number of rotatable bonds is 5. The van der Waals surface area contributed by atoms with E-state index in [1.54, 1.807) is 0 Å². The minimum Gasteiger partial charge on any atom is -0.368 e. The van der Waals surface area contributed by atoms with Crippen molar-refractivity contribution in [1.82, 2.24) is 0 Å². The second kappa shape index (κ2) is 6.81. The van der Waals surface area contributed by atoms with E-state index < -0.39 is 32.6 Å². The fourth-order valence-corrected chi connectivity index (χ4v) is 6.04. The van der Waals surface area contributed by atoms with Gasteiger partial charge < -0.3 is 24.7 Å². The maximum Gasteiger partial charge on any atom is 0.369 e. The number of carbonyl (C=O) groups excluding carboxylic acids is 1. The summed E-state index contributed by atoms with van der Waals surface area (Å²) in [4.78, 5) is 47.6. The molecule has 2 atom stereocenters. The Morgan fingerprint density at radius 3 is 2.14 bits per heavy atom. The molecule has 0 heterocycles. The third-order valence-electron chi connectivity index (χ3n) is 3.56. The van der Waals surface area contributed by atoms with E-state index in [1.165, 1.54) is 6.92 Å². The molecule has 0 aliphatic heterocycles. The van der Waals surface area contributed by atoms with Gasteiger partial charge in [0.1, 0.15) is 0 Å². The van der Waals surface area contributed by atoms with Gasteiger partial charge in [-0.05, 0) is 18.8 Å². The van der Waals surface area contributed by atoms with Gasteiger partial charge in [0.15, 0.2) is 5.12 Å². The molecule has 1 aliphatic carbocycles. The van der Waals surface area contributed by atoms with Gasteiger partial charge in [-0.1, -0.05) is 24.6 Å². The molecule has 2 unspecified atom stereocenters. The van der Waals surface area contributed by atoms with E-state index >= 15 is 0 Å². The van der Waals surface area contributed by atoms with E-state index in [4.69, 9.17) is 19.6 Å². The van der Waals surface area contributed by atoms with Crippen LogP contribution in [0.4, 0.5) is 0 Å². The number of hydrogen-bond donors (Lipinski definition) is 5. The maximum atomic E-state index is 11.3. The van der Waals surface area contributed by atoms with Crippen molar-refractivity contribution in [1.29, 1.82) is 0 Å². The van der Waals surface area contributed by atoms with Crippen LogP contribution in [-0.4, -0.2) is 40.1 Å². The van der Waals surface area contributed by atoms with Gasteiger partial charge in [0.25, 0.3) is 5.08 Å². The lowest BCUT2D eigenvalue weighted by atomic mass is 9.87. The number of hydrogen-bond acceptors (Lipinski definition) is 5. The van der Waals surface area contributed by atoms with Crippen LogP contribution in [0.3, 0.4) is 0 Å². The van der Waals surface area contributed by atoms with E-state index in [-0.39, 0.29) is 10.4 Å². The Morgan fingerprint density at radius 1 is 1.19 bits per heavy atom. The largest absolute Gasteiger partial charge is 0.369 e. The van der Waals surface area contributed by atoms with Crippen LogP contribution in [0.2, 0.25) is 0 Å². The Kier molecular flexibility index (Phi) is 6.26. The van der Waals surface area contributed by atoms with Crippen LogP contribution < -0.4 is 0 Å². The van der Waals surface area contributed by atoms with Crippen LogP contribution in [0.5, 0.6) is 0 Å². The Morgan fingerprint density at radius 2 is 1.71 bits per heavy atom. The Balaban J connectivity index is 2.88. The fourth-order valence-electron chi connectivity index (χ4n) is 2.56. The molecule has 0 aromatic carbocycles. The van der Waals surface area contributed by atoms with Gasteiger partial charge in [0.2, 0.25) is 0 Å². The monoisotopic (exact) mass is 362 g/mol. The summed E-state index contributed by atoms with van der Waals surface area (Å²) < 4.78 is 22.7. The second-order valence-electron chi connectivity index (χ2n) is 5.33. The highest BCUT2D eigenvalue weighted by Gasteiger charge is 2.60. The third-order valence-corrected chi connectivity index (χ3v) is 8.45. The van der Waals surface area contributed by atoms with Crippen molar-refractivity contribution in [2.75, 3.05) is 0 Å². The fraction of sp³-hybridized carbons (Fsp3) is 0.900. The van der Waals surface area contributed by atoms with Gasteiger partial charge in [0.05, 0.1) is 0 Å². The predicted molar refractivity (Wildman–Crippen MR) is 77.7 cm³/mol. The van der Waals surface area contributed by atoms with Crippen LogP contribution >= 0.6 is 27.0 Å². The molecule has 1 fully saturated rings. The first-order valence-electron chi connectivity index (χ1n) is 6.37. The molecule has 0 aromatic heterocycles. The van der Waals surface area contributed by atoms with Gasteiger partial charge in [0, 0.05) is 18.6 Å². The van der Waals surface area contributed by atoms with Gasteiger partial charge in [-0.2, -0.15) is 0 Å². The maximum absolute atomic E-state index is 11.3. The SMILES string of the molecule is CC(=O)SC1CCCC(CC(O)(P(=O)(O)O)P(=O)(O)O)C1. The van der Waals surface area contributed by atoms with Crippen LogP contribution in [-0.2, 0) is 13.9 Å². The molecule has 1 aliphatic rings. The molecule has 8 nitrogen and oxygen atoms in total. The van der Waals surface area contributed by atoms with Crippen molar-refractivity contribution in [2.45, 2.75) is 49.4 Å². The van der Waals surface area contributed by atoms with Crippen molar-refractivity contribution in [2.24, 2.45) is 5.92 Å². The molecule has 0 amide bonds. The van der Waals surface area contributed by atoms with Crippen molar-refractivity contribution < 1.29 is 38.6 Å². The zero-order valence-corrected chi connectivity index (χ0v) is 14.1. The second-order valence-corrected chi connectivity index (χ2v) is 10.8. The molecule has 21 heavy (non-hydrogen) atoms. The Bertz CT molecular complexity index is 461. The molecule has 1 rings (SSSR count). The van der Waals surface area contributed by atoms with Gasteiger partial charge in [-0.25, -0.2) is 0 Å². The van der Waals surface area contributed by atoms with Gasteiger partial charge >= 0.3 is 15.2 Å². The Labute approximate surface area is 126 Å². The van der Waals surface area contributed by atoms with Crippen LogP contribution in [0.1, 0.15) is 39.0 Å². The number of thioether (sulfide) groups is 1. The summed E-state index contributed by atoms with van der Waals surface area (Å²) in [6.07, 6.45) is 1.62. The summed E-state index contributed by atoms with van der Waals surface area (Å²) >= 11 is 1.11. The molecule has 11 heteroatoms. The third kappa shape index (κ3) is 4.88. The average Bonchev–Trinajstić information content (AvgIpc) is 2.25. The number of aliphatic hydroxyl groups is 1. The average molecular weight is 362 g/mol. The minimum absolute atomic E-state index is 0.0564. The van der Waals surface area contributed by atoms with Crippen molar-refractivity contribution >= 4 is 32.1 Å². The summed E-state index contributed by atoms with van der Waals surface area (Å²) in [6, 6.07) is 0. The molecule has 0 spiro atoms. The summed E-state index contributed by atoms with van der Waals surface area (Å²) in [7, 11) is -10.8. The molecule has 0 saturated heterocycles. The molecule has 5 N–H and O–H groups in total. The molecule has 1 saturated carbocycles. The summed E-state index contributed by atoms with van der Waals surface area (Å²) in [5.74, 6) is -0.458. The predicted octanol–water partition coefficient (Wildman–Crippen LogP) is 1.22. The Hall–Kier alpha value is 0.280. The van der Waals surface area contributed by atoms with Gasteiger partial charge in [-0.15, -0.1) is 0 Å². The standard InChI is InChI=1S/C10H20O8P2S/c1-7(11)21-9-4-2-3-8(5-9)6-10(12,19(13,14)15)20(16,17)18/h8-9,12H,2-6H2,1H3,(H2,13,14,15)(H2,16,17,18). The van der Waals surface area contributed by atoms with Crippen LogP contribution in [0.15, 0.2) is 0 Å². The summed E-state index contributed by atoms with van der Waals surface area (Å²) in [5.41, 5.74) is 0. The smallest absolute Gasteiger partial charge is 0.368 e. The summed E-state index contributed by atoms with van der Waals surface area (Å²) in [5, 5.41) is 6.41. The normalized spacial score (nSPS) is 24.9. The molecule has 124 valence electrons. The van der Waals surface area contributed by atoms with Crippen LogP contribution in [0, 0.1) is 5.92 Å². The lowest BCUT2D eigenvalue weighted by Gasteiger charge is -2.35. The first-order chi connectivity index (χ1) is 9.37. The lowest BCUT2D eigenvalue weighted by Crippen LogP contribution is -2.33. The molecular weight excluding hydrogens is 342 g/mol. The van der Waals surface area contributed by atoms with Gasteiger partial charge in [-0.3, -0.25) is 13.9 Å². The highest BCUT2D eigenvalue weighted by molar-refractivity contribution is 8.14. The molecule has 0 radical (unpaired) electrons. The highest BCUT2D eigenvalue weighted by Crippen LogP contribution is 2.70. The summed E-state index contributed by atoms with van der Waals surface area (Å²) in [6.45, 7) is 1.41. The topological polar surface area (TPSA) is 152 Å².